The molecule has 1 rings (SSSR count). The van der Waals surface area contributed by atoms with E-state index in [1.54, 1.807) is 13.0 Å². The molecule has 4 heteroatoms. The summed E-state index contributed by atoms with van der Waals surface area (Å²) in [6.45, 7) is 9.42. The van der Waals surface area contributed by atoms with Gasteiger partial charge in [0, 0.05) is 5.92 Å². The highest BCUT2D eigenvalue weighted by atomic mass is 19.1. The molecule has 0 spiro atoms. The molecule has 0 saturated carbocycles. The molecule has 3 nitrogen and oxygen atoms in total. The largest absolute Gasteiger partial charge is 0.339 e. The molecule has 1 aromatic rings. The molecule has 0 amide bonds. The average Bonchev–Trinajstić information content (AvgIpc) is 2.74. The van der Waals surface area contributed by atoms with E-state index in [0.29, 0.717) is 18.1 Å². The van der Waals surface area contributed by atoms with Gasteiger partial charge < -0.3 is 4.52 Å². The van der Waals surface area contributed by atoms with E-state index in [0.717, 1.165) is 5.57 Å². The number of halogens is 1. The summed E-state index contributed by atoms with van der Waals surface area (Å²) in [5.74, 6) is 1.12. The van der Waals surface area contributed by atoms with Crippen LogP contribution in [0.15, 0.2) is 40.7 Å². The lowest BCUT2D eigenvalue weighted by molar-refractivity contribution is 0.377. The van der Waals surface area contributed by atoms with Gasteiger partial charge >= 0.3 is 0 Å². The molecule has 0 atom stereocenters. The monoisotopic (exact) mass is 236 g/mol. The fourth-order valence-corrected chi connectivity index (χ4v) is 1.12. The summed E-state index contributed by atoms with van der Waals surface area (Å²) in [6.07, 6.45) is 4.79. The molecule has 0 radical (unpaired) electrons. The minimum Gasteiger partial charge on any atom is -0.339 e. The number of aromatic nitrogens is 2. The van der Waals surface area contributed by atoms with Crippen molar-refractivity contribution in [1.29, 1.82) is 0 Å². The Kier molecular flexibility index (Phi) is 4.82. The van der Waals surface area contributed by atoms with Crippen LogP contribution in [0.4, 0.5) is 4.39 Å². The highest BCUT2D eigenvalue weighted by Gasteiger charge is 2.09. The van der Waals surface area contributed by atoms with E-state index in [1.807, 2.05) is 13.8 Å². The molecule has 0 aromatic carbocycles. The normalized spacial score (nSPS) is 12.6. The molecule has 0 fully saturated rings. The molecule has 0 saturated heterocycles. The lowest BCUT2D eigenvalue weighted by Crippen LogP contribution is -1.91. The second-order valence-electron chi connectivity index (χ2n) is 4.04. The molecule has 0 bridgehead atoms. The van der Waals surface area contributed by atoms with E-state index >= 15 is 0 Å². The van der Waals surface area contributed by atoms with Gasteiger partial charge in [0.2, 0.25) is 5.89 Å². The predicted octanol–water partition coefficient (Wildman–Crippen LogP) is 3.72. The maximum absolute atomic E-state index is 12.8. The smallest absolute Gasteiger partial charge is 0.231 e. The van der Waals surface area contributed by atoms with E-state index in [4.69, 9.17) is 4.52 Å². The van der Waals surface area contributed by atoms with Gasteiger partial charge in [-0.05, 0) is 18.6 Å². The summed E-state index contributed by atoms with van der Waals surface area (Å²) in [5, 5.41) is 3.84. The molecular formula is C13H17FN2O. The zero-order valence-corrected chi connectivity index (χ0v) is 10.4. The van der Waals surface area contributed by atoms with Gasteiger partial charge in [0.05, 0.1) is 6.42 Å². The van der Waals surface area contributed by atoms with Crippen LogP contribution in [0.3, 0.4) is 0 Å². The molecule has 0 unspecified atom stereocenters. The van der Waals surface area contributed by atoms with Crippen molar-refractivity contribution in [3.8, 4) is 0 Å². The summed E-state index contributed by atoms with van der Waals surface area (Å²) in [5.41, 5.74) is 0.723. The second kappa shape index (κ2) is 6.13. The lowest BCUT2D eigenvalue weighted by atomic mass is 10.2. The Bertz CT molecular complexity index is 444. The van der Waals surface area contributed by atoms with Gasteiger partial charge in [0.1, 0.15) is 5.83 Å². The maximum atomic E-state index is 12.8. The maximum Gasteiger partial charge on any atom is 0.231 e. The Morgan fingerprint density at radius 3 is 2.71 bits per heavy atom. The van der Waals surface area contributed by atoms with Crippen molar-refractivity contribution in [2.45, 2.75) is 33.1 Å². The van der Waals surface area contributed by atoms with Crippen LogP contribution >= 0.6 is 0 Å². The minimum absolute atomic E-state index is 0.233. The zero-order chi connectivity index (χ0) is 12.8. The Hall–Kier alpha value is -1.71. The van der Waals surface area contributed by atoms with Gasteiger partial charge in [0.15, 0.2) is 5.82 Å². The summed E-state index contributed by atoms with van der Waals surface area (Å²) in [6, 6.07) is 0. The SMILES string of the molecule is C=C(/C=C\C(F)=C/C)Cc1nc(C(C)C)no1. The van der Waals surface area contributed by atoms with E-state index in [1.165, 1.54) is 12.2 Å². The van der Waals surface area contributed by atoms with Crippen molar-refractivity contribution in [2.75, 3.05) is 0 Å². The van der Waals surface area contributed by atoms with Crippen molar-refractivity contribution in [3.05, 3.63) is 47.9 Å². The number of rotatable bonds is 5. The number of nitrogens with zero attached hydrogens (tertiary/aromatic N) is 2. The Balaban J connectivity index is 2.59. The Morgan fingerprint density at radius 1 is 1.47 bits per heavy atom. The predicted molar refractivity (Wildman–Crippen MR) is 65.2 cm³/mol. The number of allylic oxidation sites excluding steroid dienone is 5. The zero-order valence-electron chi connectivity index (χ0n) is 10.4. The summed E-state index contributed by atoms with van der Waals surface area (Å²) >= 11 is 0. The molecule has 0 N–H and O–H groups in total. The molecule has 1 aromatic heterocycles. The van der Waals surface area contributed by atoms with E-state index in [9.17, 15) is 4.39 Å². The van der Waals surface area contributed by atoms with E-state index in [2.05, 4.69) is 16.7 Å². The van der Waals surface area contributed by atoms with Crippen molar-refractivity contribution >= 4 is 0 Å². The summed E-state index contributed by atoms with van der Waals surface area (Å²) in [4.78, 5) is 4.22. The summed E-state index contributed by atoms with van der Waals surface area (Å²) in [7, 11) is 0. The minimum atomic E-state index is -0.292. The molecular weight excluding hydrogens is 219 g/mol. The first-order chi connectivity index (χ1) is 8.02. The molecule has 0 aliphatic heterocycles. The average molecular weight is 236 g/mol. The molecule has 1 heterocycles. The molecule has 0 aliphatic rings. The third-order valence-electron chi connectivity index (χ3n) is 2.13. The van der Waals surface area contributed by atoms with Gasteiger partial charge in [-0.3, -0.25) is 0 Å². The molecule has 17 heavy (non-hydrogen) atoms. The van der Waals surface area contributed by atoms with E-state index in [-0.39, 0.29) is 11.7 Å². The third kappa shape index (κ3) is 4.34. The van der Waals surface area contributed by atoms with Crippen LogP contribution in [0.1, 0.15) is 38.4 Å². The Labute approximate surface area is 101 Å². The third-order valence-corrected chi connectivity index (χ3v) is 2.13. The summed E-state index contributed by atoms with van der Waals surface area (Å²) < 4.78 is 17.9. The Morgan fingerprint density at radius 2 is 2.18 bits per heavy atom. The fraction of sp³-hybridized carbons (Fsp3) is 0.385. The van der Waals surface area contributed by atoms with Crippen LogP contribution in [-0.4, -0.2) is 10.1 Å². The molecule has 92 valence electrons. The van der Waals surface area contributed by atoms with E-state index < -0.39 is 0 Å². The van der Waals surface area contributed by atoms with Crippen LogP contribution in [0.25, 0.3) is 0 Å². The highest BCUT2D eigenvalue weighted by molar-refractivity contribution is 5.24. The van der Waals surface area contributed by atoms with Gasteiger partial charge in [-0.2, -0.15) is 4.98 Å². The molecule has 0 aliphatic carbocycles. The number of hydrogen-bond acceptors (Lipinski definition) is 3. The van der Waals surface area contributed by atoms with Gasteiger partial charge in [-0.15, -0.1) is 0 Å². The van der Waals surface area contributed by atoms with Crippen LogP contribution in [0, 0.1) is 0 Å². The van der Waals surface area contributed by atoms with Crippen LogP contribution in [-0.2, 0) is 6.42 Å². The first-order valence-electron chi connectivity index (χ1n) is 5.53. The van der Waals surface area contributed by atoms with Gasteiger partial charge in [-0.25, -0.2) is 4.39 Å². The van der Waals surface area contributed by atoms with Crippen molar-refractivity contribution in [1.82, 2.24) is 10.1 Å². The van der Waals surface area contributed by atoms with Gasteiger partial charge in [0.25, 0.3) is 0 Å². The van der Waals surface area contributed by atoms with Crippen LogP contribution in [0.5, 0.6) is 0 Å². The first kappa shape index (κ1) is 13.4. The van der Waals surface area contributed by atoms with Crippen LogP contribution in [0.2, 0.25) is 0 Å². The quantitative estimate of drug-likeness (QED) is 0.731. The van der Waals surface area contributed by atoms with Crippen molar-refractivity contribution < 1.29 is 8.91 Å². The van der Waals surface area contributed by atoms with Crippen molar-refractivity contribution in [2.24, 2.45) is 0 Å². The number of hydrogen-bond donors (Lipinski definition) is 0. The highest BCUT2D eigenvalue weighted by Crippen LogP contribution is 2.12. The topological polar surface area (TPSA) is 38.9 Å². The van der Waals surface area contributed by atoms with Gasteiger partial charge in [-0.1, -0.05) is 37.7 Å². The lowest BCUT2D eigenvalue weighted by Gasteiger charge is -1.94. The van der Waals surface area contributed by atoms with Crippen molar-refractivity contribution in [3.63, 3.8) is 0 Å². The second-order valence-corrected chi connectivity index (χ2v) is 4.04. The van der Waals surface area contributed by atoms with Crippen LogP contribution < -0.4 is 0 Å². The first-order valence-corrected chi connectivity index (χ1v) is 5.53. The fourth-order valence-electron chi connectivity index (χ4n) is 1.12. The standard InChI is InChI=1S/C13H17FN2O/c1-5-11(14)7-6-10(4)8-12-15-13(9(2)3)16-17-12/h5-7,9H,4,8H2,1-3H3/b7-6-,11-5+.